The summed E-state index contributed by atoms with van der Waals surface area (Å²) in [6, 6.07) is 14.8. The number of sulfonamides is 1. The van der Waals surface area contributed by atoms with Crippen LogP contribution in [0.15, 0.2) is 53.4 Å². The average molecular weight is 376 g/mol. The van der Waals surface area contributed by atoms with Crippen LogP contribution >= 0.6 is 0 Å². The summed E-state index contributed by atoms with van der Waals surface area (Å²) in [5.74, 6) is 1.51. The van der Waals surface area contributed by atoms with E-state index in [1.54, 1.807) is 19.2 Å². The smallest absolute Gasteiger partial charge is 0.238 e. The normalized spacial score (nSPS) is 18.0. The van der Waals surface area contributed by atoms with Crippen molar-refractivity contribution in [3.05, 3.63) is 54.1 Å². The summed E-state index contributed by atoms with van der Waals surface area (Å²) < 4.78 is 33.6. The number of rotatable bonds is 7. The highest BCUT2D eigenvalue weighted by Gasteiger charge is 2.25. The summed E-state index contributed by atoms with van der Waals surface area (Å²) in [6.45, 7) is 2.38. The molecule has 0 saturated carbocycles. The Morgan fingerprint density at radius 3 is 2.62 bits per heavy atom. The van der Waals surface area contributed by atoms with Crippen LogP contribution in [0.1, 0.15) is 24.4 Å². The molecule has 3 rings (SSSR count). The van der Waals surface area contributed by atoms with Crippen molar-refractivity contribution in [1.82, 2.24) is 4.90 Å². The van der Waals surface area contributed by atoms with E-state index in [9.17, 15) is 8.42 Å². The van der Waals surface area contributed by atoms with Gasteiger partial charge in [0.2, 0.25) is 10.0 Å². The lowest BCUT2D eigenvalue weighted by molar-refractivity contribution is 0.197. The molecule has 0 aromatic heterocycles. The summed E-state index contributed by atoms with van der Waals surface area (Å²) in [6.07, 6.45) is 2.28. The molecule has 2 N–H and O–H groups in total. The van der Waals surface area contributed by atoms with E-state index >= 15 is 0 Å². The first-order valence-corrected chi connectivity index (χ1v) is 10.2. The zero-order chi connectivity index (χ0) is 18.6. The third-order valence-electron chi connectivity index (χ3n) is 4.64. The highest BCUT2D eigenvalue weighted by molar-refractivity contribution is 7.89. The molecule has 1 atom stereocenters. The van der Waals surface area contributed by atoms with Gasteiger partial charge < -0.3 is 9.47 Å². The molecule has 1 fully saturated rings. The van der Waals surface area contributed by atoms with Gasteiger partial charge in [-0.05, 0) is 61.3 Å². The summed E-state index contributed by atoms with van der Waals surface area (Å²) in [4.78, 5) is 2.50. The number of nitrogens with two attached hydrogens (primary N) is 1. The second kappa shape index (κ2) is 8.07. The Kier molecular flexibility index (Phi) is 5.80. The number of benzene rings is 2. The van der Waals surface area contributed by atoms with Gasteiger partial charge in [0, 0.05) is 12.6 Å². The first-order chi connectivity index (χ1) is 12.5. The van der Waals surface area contributed by atoms with Gasteiger partial charge in [0.1, 0.15) is 18.1 Å². The van der Waals surface area contributed by atoms with Crippen LogP contribution in [0.3, 0.4) is 0 Å². The van der Waals surface area contributed by atoms with Gasteiger partial charge in [0.15, 0.2) is 0 Å². The van der Waals surface area contributed by atoms with Gasteiger partial charge in [-0.25, -0.2) is 13.6 Å². The summed E-state index contributed by atoms with van der Waals surface area (Å²) in [5, 5.41) is 5.10. The Morgan fingerprint density at radius 2 is 1.92 bits per heavy atom. The third-order valence-corrected chi connectivity index (χ3v) is 5.57. The molecule has 1 unspecified atom stereocenters. The van der Waals surface area contributed by atoms with Gasteiger partial charge in [-0.15, -0.1) is 0 Å². The van der Waals surface area contributed by atoms with E-state index in [-0.39, 0.29) is 4.90 Å². The number of nitrogens with zero attached hydrogens (tertiary/aromatic N) is 1. The molecule has 2 aromatic carbocycles. The minimum absolute atomic E-state index is 0.0856. The standard InChI is InChI=1S/C19H24N2O4S/c1-24-17-5-2-4-15(14-17)19-6-3-11-21(19)12-13-25-16-7-9-18(10-8-16)26(20,22)23/h2,4-5,7-10,14,19H,3,6,11-13H2,1H3,(H2,20,22,23). The SMILES string of the molecule is COc1cccc(C2CCCN2CCOc2ccc(S(N)(=O)=O)cc2)c1. The molecule has 0 bridgehead atoms. The first kappa shape index (κ1) is 18.7. The molecule has 140 valence electrons. The predicted octanol–water partition coefficient (Wildman–Crippen LogP) is 2.56. The van der Waals surface area contributed by atoms with Crippen molar-refractivity contribution < 1.29 is 17.9 Å². The maximum absolute atomic E-state index is 11.3. The number of hydrogen-bond donors (Lipinski definition) is 1. The number of likely N-dealkylation sites (tertiary alicyclic amines) is 1. The largest absolute Gasteiger partial charge is 0.497 e. The van der Waals surface area contributed by atoms with Gasteiger partial charge in [-0.3, -0.25) is 4.90 Å². The van der Waals surface area contributed by atoms with Crippen molar-refractivity contribution in [2.24, 2.45) is 5.14 Å². The van der Waals surface area contributed by atoms with Gasteiger partial charge in [0.05, 0.1) is 12.0 Å². The quantitative estimate of drug-likeness (QED) is 0.803. The highest BCUT2D eigenvalue weighted by Crippen LogP contribution is 2.33. The monoisotopic (exact) mass is 376 g/mol. The van der Waals surface area contributed by atoms with E-state index in [1.807, 2.05) is 12.1 Å². The van der Waals surface area contributed by atoms with E-state index in [2.05, 4.69) is 17.0 Å². The van der Waals surface area contributed by atoms with Crippen LogP contribution < -0.4 is 14.6 Å². The van der Waals surface area contributed by atoms with E-state index in [1.165, 1.54) is 17.7 Å². The average Bonchev–Trinajstić information content (AvgIpc) is 3.10. The van der Waals surface area contributed by atoms with Crippen LogP contribution in [0.2, 0.25) is 0 Å². The van der Waals surface area contributed by atoms with Crippen LogP contribution in [-0.2, 0) is 10.0 Å². The van der Waals surface area contributed by atoms with Crippen molar-refractivity contribution in [2.45, 2.75) is 23.8 Å². The molecule has 1 heterocycles. The van der Waals surface area contributed by atoms with Crippen LogP contribution in [0.5, 0.6) is 11.5 Å². The molecule has 0 radical (unpaired) electrons. The molecule has 6 nitrogen and oxygen atoms in total. The highest BCUT2D eigenvalue weighted by atomic mass is 32.2. The lowest BCUT2D eigenvalue weighted by Gasteiger charge is -2.25. The number of hydrogen-bond acceptors (Lipinski definition) is 5. The van der Waals surface area contributed by atoms with Crippen LogP contribution in [0.4, 0.5) is 0 Å². The molecule has 26 heavy (non-hydrogen) atoms. The molecule has 1 aliphatic rings. The van der Waals surface area contributed by atoms with E-state index in [0.29, 0.717) is 18.4 Å². The number of primary sulfonamides is 1. The Labute approximate surface area is 154 Å². The van der Waals surface area contributed by atoms with Crippen molar-refractivity contribution in [2.75, 3.05) is 26.8 Å². The Balaban J connectivity index is 1.57. The zero-order valence-corrected chi connectivity index (χ0v) is 15.6. The van der Waals surface area contributed by atoms with Crippen molar-refractivity contribution in [1.29, 1.82) is 0 Å². The molecule has 2 aromatic rings. The third kappa shape index (κ3) is 4.55. The van der Waals surface area contributed by atoms with Gasteiger partial charge in [0.25, 0.3) is 0 Å². The molecular formula is C19H24N2O4S. The molecular weight excluding hydrogens is 352 g/mol. The summed E-state index contributed by atoms with van der Waals surface area (Å²) in [7, 11) is -1.99. The maximum Gasteiger partial charge on any atom is 0.238 e. The molecule has 0 aliphatic carbocycles. The van der Waals surface area contributed by atoms with Crippen LogP contribution in [0, 0.1) is 0 Å². The van der Waals surface area contributed by atoms with E-state index in [0.717, 1.165) is 31.7 Å². The fourth-order valence-corrected chi connectivity index (χ4v) is 3.84. The van der Waals surface area contributed by atoms with Crippen molar-refractivity contribution >= 4 is 10.0 Å². The van der Waals surface area contributed by atoms with Gasteiger partial charge in [-0.2, -0.15) is 0 Å². The fourth-order valence-electron chi connectivity index (χ4n) is 3.33. The van der Waals surface area contributed by atoms with Crippen molar-refractivity contribution in [3.8, 4) is 11.5 Å². The summed E-state index contributed by atoms with van der Waals surface area (Å²) >= 11 is 0. The first-order valence-electron chi connectivity index (χ1n) is 8.61. The molecule has 1 aliphatic heterocycles. The van der Waals surface area contributed by atoms with Gasteiger partial charge >= 0.3 is 0 Å². The second-order valence-corrected chi connectivity index (χ2v) is 7.90. The zero-order valence-electron chi connectivity index (χ0n) is 14.8. The lowest BCUT2D eigenvalue weighted by Crippen LogP contribution is -2.28. The predicted molar refractivity (Wildman–Crippen MR) is 99.9 cm³/mol. The Hall–Kier alpha value is -2.09. The van der Waals surface area contributed by atoms with Gasteiger partial charge in [-0.1, -0.05) is 12.1 Å². The Morgan fingerprint density at radius 1 is 1.15 bits per heavy atom. The molecule has 0 amide bonds. The maximum atomic E-state index is 11.3. The molecule has 0 spiro atoms. The second-order valence-electron chi connectivity index (χ2n) is 6.34. The topological polar surface area (TPSA) is 81.9 Å². The van der Waals surface area contributed by atoms with Crippen LogP contribution in [0.25, 0.3) is 0 Å². The fraction of sp³-hybridized carbons (Fsp3) is 0.368. The van der Waals surface area contributed by atoms with E-state index in [4.69, 9.17) is 14.6 Å². The lowest BCUT2D eigenvalue weighted by atomic mass is 10.0. The minimum atomic E-state index is -3.67. The summed E-state index contributed by atoms with van der Waals surface area (Å²) in [5.41, 5.74) is 1.26. The van der Waals surface area contributed by atoms with Crippen LogP contribution in [-0.4, -0.2) is 40.1 Å². The minimum Gasteiger partial charge on any atom is -0.497 e. The van der Waals surface area contributed by atoms with Crippen molar-refractivity contribution in [3.63, 3.8) is 0 Å². The molecule has 7 heteroatoms. The molecule has 1 saturated heterocycles. The Bertz CT molecular complexity index is 837. The number of ether oxygens (including phenoxy) is 2. The van der Waals surface area contributed by atoms with E-state index < -0.39 is 10.0 Å². The number of methoxy groups -OCH3 is 1.